The lowest BCUT2D eigenvalue weighted by molar-refractivity contribution is -0.111. The van der Waals surface area contributed by atoms with Gasteiger partial charge in [0.05, 0.1) is 10.2 Å². The first-order chi connectivity index (χ1) is 3.27. The van der Waals surface area contributed by atoms with Gasteiger partial charge >= 0.3 is 0 Å². The highest BCUT2D eigenvalue weighted by Crippen LogP contribution is 1.88. The van der Waals surface area contributed by atoms with Crippen molar-refractivity contribution in [2.75, 3.05) is 5.75 Å². The van der Waals surface area contributed by atoms with Gasteiger partial charge < -0.3 is 4.79 Å². The van der Waals surface area contributed by atoms with Gasteiger partial charge in [-0.1, -0.05) is 0 Å². The predicted octanol–water partition coefficient (Wildman–Crippen LogP) is -0.412. The number of rotatable bonds is 3. The third kappa shape index (κ3) is 6.24. The topological polar surface area (TPSA) is 17.1 Å². The van der Waals surface area contributed by atoms with Gasteiger partial charge in [0.2, 0.25) is 0 Å². The molecule has 0 saturated heterocycles. The molecule has 0 fully saturated rings. The van der Waals surface area contributed by atoms with Crippen molar-refractivity contribution in [2.24, 2.45) is 0 Å². The Labute approximate surface area is 52.3 Å². The summed E-state index contributed by atoms with van der Waals surface area (Å²) in [5.74, 6) is 0.841. The summed E-state index contributed by atoms with van der Waals surface area (Å²) in [5.41, 5.74) is 0. The Kier molecular flexibility index (Phi) is 4.55. The summed E-state index contributed by atoms with van der Waals surface area (Å²) >= 11 is 3.96. The van der Waals surface area contributed by atoms with Crippen molar-refractivity contribution in [2.45, 2.75) is 12.8 Å². The van der Waals surface area contributed by atoms with E-state index in [0.717, 1.165) is 18.6 Å². The van der Waals surface area contributed by atoms with Crippen molar-refractivity contribution < 1.29 is 4.79 Å². The summed E-state index contributed by atoms with van der Waals surface area (Å²) in [5, 5.41) is 0.397. The van der Waals surface area contributed by atoms with E-state index in [4.69, 9.17) is 0 Å². The first-order valence-corrected chi connectivity index (χ1v) is 4.01. The van der Waals surface area contributed by atoms with Crippen molar-refractivity contribution in [1.82, 2.24) is 0 Å². The van der Waals surface area contributed by atoms with E-state index in [2.05, 4.69) is 12.6 Å². The van der Waals surface area contributed by atoms with E-state index >= 15 is 0 Å². The highest BCUT2D eigenvalue weighted by atomic mass is 32.1. The maximum Gasteiger partial charge on any atom is 0.100 e. The molecule has 0 spiro atoms. The van der Waals surface area contributed by atoms with Crippen molar-refractivity contribution in [3.8, 4) is 0 Å². The fourth-order valence-electron chi connectivity index (χ4n) is 0.328. The van der Waals surface area contributed by atoms with Crippen LogP contribution in [0, 0.1) is 0 Å². The molecule has 0 atom stereocenters. The molecule has 0 aromatic rings. The Hall–Kier alpha value is 0.237. The van der Waals surface area contributed by atoms with Gasteiger partial charge in [-0.25, -0.2) is 0 Å². The Bertz CT molecular complexity index is 64.7. The Morgan fingerprint density at radius 3 is 2.43 bits per heavy atom. The molecule has 0 heterocycles. The molecule has 3 heteroatoms. The van der Waals surface area contributed by atoms with E-state index in [9.17, 15) is 4.79 Å². The zero-order valence-corrected chi connectivity index (χ0v) is 7.37. The molecule has 0 unspecified atom stereocenters. The molecule has 0 bridgehead atoms. The summed E-state index contributed by atoms with van der Waals surface area (Å²) in [6, 6.07) is 0. The summed E-state index contributed by atoms with van der Waals surface area (Å²) in [6.07, 6.45) is 1.70. The lowest BCUT2D eigenvalue weighted by Gasteiger charge is -1.86. The van der Waals surface area contributed by atoms with Gasteiger partial charge in [0.25, 0.3) is 0 Å². The number of hydrogen-bond donors (Lipinski definition) is 1. The van der Waals surface area contributed by atoms with Gasteiger partial charge in [-0.15, -0.1) is 0 Å². The number of hydrogen-bond acceptors (Lipinski definition) is 2. The summed E-state index contributed by atoms with van der Waals surface area (Å²) in [6.45, 7) is 0. The average molecular weight is 134 g/mol. The largest absolute Gasteiger partial charge is 0.307 e. The second kappa shape index (κ2) is 4.40. The van der Waals surface area contributed by atoms with Crippen molar-refractivity contribution in [1.29, 1.82) is 0 Å². The zero-order chi connectivity index (χ0) is 5.70. The molecular formula is C4H10OSSi. The second-order valence-corrected chi connectivity index (χ2v) is 3.09. The Morgan fingerprint density at radius 2 is 2.29 bits per heavy atom. The van der Waals surface area contributed by atoms with Crippen LogP contribution in [-0.2, 0) is 4.79 Å². The highest BCUT2D eigenvalue weighted by Gasteiger charge is 1.87. The molecule has 0 aromatic heterocycles. The number of carbonyl (C=O) groups excluding carboxylic acids is 1. The fraction of sp³-hybridized carbons (Fsp3) is 0.750. The molecule has 0 rings (SSSR count). The molecule has 42 valence electrons. The summed E-state index contributed by atoms with van der Waals surface area (Å²) in [7, 11) is 0.710. The molecular weight excluding hydrogens is 124 g/mol. The Balaban J connectivity index is 2.82. The molecule has 0 aliphatic carbocycles. The minimum Gasteiger partial charge on any atom is -0.307 e. The van der Waals surface area contributed by atoms with Crippen LogP contribution in [0.4, 0.5) is 0 Å². The molecule has 0 amide bonds. The first-order valence-electron chi connectivity index (χ1n) is 2.37. The van der Waals surface area contributed by atoms with Crippen LogP contribution in [0.1, 0.15) is 12.8 Å². The number of carbonyl (C=O) groups is 1. The molecule has 1 nitrogen and oxygen atoms in total. The van der Waals surface area contributed by atoms with Gasteiger partial charge in [0, 0.05) is 6.42 Å². The lowest BCUT2D eigenvalue weighted by atomic mass is 10.4. The molecule has 0 aliphatic rings. The smallest absolute Gasteiger partial charge is 0.100 e. The third-order valence-electron chi connectivity index (χ3n) is 0.687. The van der Waals surface area contributed by atoms with Crippen molar-refractivity contribution >= 4 is 28.3 Å². The van der Waals surface area contributed by atoms with Gasteiger partial charge in [-0.3, -0.25) is 0 Å². The second-order valence-electron chi connectivity index (χ2n) is 1.53. The van der Waals surface area contributed by atoms with E-state index in [1.807, 2.05) is 0 Å². The monoisotopic (exact) mass is 134 g/mol. The van der Waals surface area contributed by atoms with Crippen molar-refractivity contribution in [3.05, 3.63) is 0 Å². The summed E-state index contributed by atoms with van der Waals surface area (Å²) in [4.78, 5) is 10.2. The van der Waals surface area contributed by atoms with E-state index in [1.165, 1.54) is 0 Å². The molecule has 7 heavy (non-hydrogen) atoms. The van der Waals surface area contributed by atoms with Crippen LogP contribution in [0.5, 0.6) is 0 Å². The van der Waals surface area contributed by atoms with Gasteiger partial charge in [0.1, 0.15) is 5.41 Å². The van der Waals surface area contributed by atoms with Crippen LogP contribution in [0.15, 0.2) is 0 Å². The van der Waals surface area contributed by atoms with Crippen molar-refractivity contribution in [3.63, 3.8) is 0 Å². The van der Waals surface area contributed by atoms with Crippen LogP contribution in [0.3, 0.4) is 0 Å². The van der Waals surface area contributed by atoms with Crippen LogP contribution in [0.2, 0.25) is 0 Å². The van der Waals surface area contributed by atoms with Crippen LogP contribution in [0.25, 0.3) is 0 Å². The highest BCUT2D eigenvalue weighted by molar-refractivity contribution is 7.80. The van der Waals surface area contributed by atoms with Gasteiger partial charge in [-0.2, -0.15) is 12.6 Å². The first kappa shape index (κ1) is 7.24. The van der Waals surface area contributed by atoms with Gasteiger partial charge in [0.15, 0.2) is 0 Å². The van der Waals surface area contributed by atoms with Crippen LogP contribution in [-0.4, -0.2) is 21.4 Å². The van der Waals surface area contributed by atoms with E-state index < -0.39 is 0 Å². The molecule has 0 aromatic carbocycles. The fourth-order valence-corrected chi connectivity index (χ4v) is 0.840. The van der Waals surface area contributed by atoms with E-state index in [-0.39, 0.29) is 0 Å². The Morgan fingerprint density at radius 1 is 1.71 bits per heavy atom. The number of thiol groups is 1. The lowest BCUT2D eigenvalue weighted by Crippen LogP contribution is -1.94. The van der Waals surface area contributed by atoms with Crippen LogP contribution >= 0.6 is 12.6 Å². The quantitative estimate of drug-likeness (QED) is 0.410. The predicted molar refractivity (Wildman–Crippen MR) is 38.0 cm³/mol. The zero-order valence-electron chi connectivity index (χ0n) is 4.48. The standard InChI is InChI=1S/C4H10OSSi/c5-4(7)2-1-3-6/h6H,1-3H2,7H3. The summed E-state index contributed by atoms with van der Waals surface area (Å²) < 4.78 is 0. The van der Waals surface area contributed by atoms with E-state index in [0.29, 0.717) is 15.6 Å². The van der Waals surface area contributed by atoms with Crippen LogP contribution < -0.4 is 0 Å². The van der Waals surface area contributed by atoms with E-state index in [1.54, 1.807) is 0 Å². The van der Waals surface area contributed by atoms with Gasteiger partial charge in [-0.05, 0) is 12.2 Å². The molecule has 0 aliphatic heterocycles. The molecule has 0 N–H and O–H groups in total. The molecule has 0 radical (unpaired) electrons. The minimum atomic E-state index is 0.397. The SMILES string of the molecule is O=C([SiH3])CCCS. The average Bonchev–Trinajstić information content (AvgIpc) is 1.61. The minimum absolute atomic E-state index is 0.397. The maximum atomic E-state index is 10.2. The maximum absolute atomic E-state index is 10.2. The molecule has 0 saturated carbocycles. The normalized spacial score (nSPS) is 9.29. The third-order valence-corrected chi connectivity index (χ3v) is 1.50.